The molecule has 2 aromatic carbocycles. The van der Waals surface area contributed by atoms with Crippen molar-refractivity contribution in [3.05, 3.63) is 77.2 Å². The highest BCUT2D eigenvalue weighted by Gasteiger charge is 2.37. The first-order valence-electron chi connectivity index (χ1n) is 11.2. The van der Waals surface area contributed by atoms with Crippen molar-refractivity contribution in [3.63, 3.8) is 0 Å². The van der Waals surface area contributed by atoms with Gasteiger partial charge in [0.1, 0.15) is 11.4 Å². The van der Waals surface area contributed by atoms with Gasteiger partial charge in [-0.2, -0.15) is 23.1 Å². The van der Waals surface area contributed by atoms with Crippen LogP contribution in [-0.2, 0) is 12.6 Å². The molecule has 1 amide bonds. The molecule has 1 aliphatic heterocycles. The van der Waals surface area contributed by atoms with Crippen LogP contribution in [0.1, 0.15) is 33.4 Å². The summed E-state index contributed by atoms with van der Waals surface area (Å²) in [6.45, 7) is 0.196. The highest BCUT2D eigenvalue weighted by Crippen LogP contribution is 2.33. The van der Waals surface area contributed by atoms with Crippen molar-refractivity contribution in [3.8, 4) is 11.5 Å². The lowest BCUT2D eigenvalue weighted by Gasteiger charge is -2.20. The van der Waals surface area contributed by atoms with Gasteiger partial charge in [-0.15, -0.1) is 0 Å². The van der Waals surface area contributed by atoms with Gasteiger partial charge in [0, 0.05) is 24.0 Å². The number of hydrogen-bond donors (Lipinski definition) is 4. The van der Waals surface area contributed by atoms with Crippen LogP contribution in [0.4, 0.5) is 30.6 Å². The first-order chi connectivity index (χ1) is 17.8. The summed E-state index contributed by atoms with van der Waals surface area (Å²) in [4.78, 5) is 24.1. The average Bonchev–Trinajstić information content (AvgIpc) is 3.39. The molecule has 0 radical (unpaired) electrons. The van der Waals surface area contributed by atoms with Crippen LogP contribution in [0.25, 0.3) is 11.5 Å². The van der Waals surface area contributed by atoms with Crippen LogP contribution in [-0.4, -0.2) is 44.3 Å². The van der Waals surface area contributed by atoms with E-state index in [-0.39, 0.29) is 29.8 Å². The molecule has 0 spiro atoms. The summed E-state index contributed by atoms with van der Waals surface area (Å²) < 4.78 is 44.0. The Labute approximate surface area is 208 Å². The summed E-state index contributed by atoms with van der Waals surface area (Å²) in [6, 6.07) is 13.5. The molecule has 3 heterocycles. The maximum atomic E-state index is 13.1. The van der Waals surface area contributed by atoms with Gasteiger partial charge < -0.3 is 25.6 Å². The summed E-state index contributed by atoms with van der Waals surface area (Å²) in [7, 11) is 0. The number of anilines is 3. The van der Waals surface area contributed by atoms with Crippen LogP contribution < -0.4 is 16.0 Å². The number of aliphatic hydroxyl groups excluding tert-OH is 1. The van der Waals surface area contributed by atoms with E-state index in [4.69, 9.17) is 4.52 Å². The number of carbonyl (C=O) groups excluding carboxylic acids is 1. The van der Waals surface area contributed by atoms with Crippen molar-refractivity contribution in [1.82, 2.24) is 25.4 Å². The zero-order chi connectivity index (χ0) is 26.0. The van der Waals surface area contributed by atoms with E-state index in [0.29, 0.717) is 24.2 Å². The third kappa shape index (κ3) is 5.21. The summed E-state index contributed by atoms with van der Waals surface area (Å²) in [6.07, 6.45) is -2.88. The molecule has 2 aromatic heterocycles. The molecule has 1 aliphatic rings. The van der Waals surface area contributed by atoms with E-state index in [1.54, 1.807) is 36.4 Å². The fraction of sp³-hybridized carbons (Fsp3) is 0.208. The Morgan fingerprint density at radius 3 is 2.65 bits per heavy atom. The molecule has 5 rings (SSSR count). The quantitative estimate of drug-likeness (QED) is 0.292. The van der Waals surface area contributed by atoms with Gasteiger partial charge in [-0.25, -0.2) is 4.98 Å². The van der Waals surface area contributed by atoms with Crippen LogP contribution in [0.3, 0.4) is 0 Å². The standard InChI is InChI=1S/C24H20F3N7O3/c25-24(26,27)22-33-21(37-34-22)17-11-29-23(30-15-6-7-16-14(10-15)8-9-28-20(16)36)32-19(17)31-18(12-35)13-4-2-1-3-5-13/h1-7,10-11,18,35H,8-9,12H2,(H,28,36)(H2,29,30,31,32)/t18-/m1/s1. The summed E-state index contributed by atoms with van der Waals surface area (Å²) in [5.74, 6) is -1.84. The lowest BCUT2D eigenvalue weighted by atomic mass is 10.00. The third-order valence-electron chi connectivity index (χ3n) is 5.68. The number of fused-ring (bicyclic) bond motifs is 1. The summed E-state index contributed by atoms with van der Waals surface area (Å²) in [5, 5.41) is 21.9. The zero-order valence-corrected chi connectivity index (χ0v) is 19.1. The van der Waals surface area contributed by atoms with E-state index >= 15 is 0 Å². The minimum absolute atomic E-state index is 0.0186. The predicted octanol–water partition coefficient (Wildman–Crippen LogP) is 3.72. The number of aromatic nitrogens is 4. The summed E-state index contributed by atoms with van der Waals surface area (Å²) in [5.41, 5.74) is 2.80. The normalized spacial score (nSPS) is 14.0. The van der Waals surface area contributed by atoms with Crippen molar-refractivity contribution in [2.45, 2.75) is 18.6 Å². The number of nitrogens with zero attached hydrogens (tertiary/aromatic N) is 4. The highest BCUT2D eigenvalue weighted by atomic mass is 19.4. The molecule has 0 aliphatic carbocycles. The number of benzene rings is 2. The molecule has 1 atom stereocenters. The van der Waals surface area contributed by atoms with Gasteiger partial charge in [-0.1, -0.05) is 35.5 Å². The first-order valence-corrected chi connectivity index (χ1v) is 11.2. The number of rotatable bonds is 7. The Kier molecular flexibility index (Phi) is 6.44. The van der Waals surface area contributed by atoms with Gasteiger partial charge in [0.05, 0.1) is 12.6 Å². The minimum Gasteiger partial charge on any atom is -0.394 e. The fourth-order valence-corrected chi connectivity index (χ4v) is 3.88. The number of aliphatic hydroxyl groups is 1. The van der Waals surface area contributed by atoms with Crippen LogP contribution in [0.5, 0.6) is 0 Å². The van der Waals surface area contributed by atoms with Crippen LogP contribution in [0.15, 0.2) is 59.3 Å². The first kappa shape index (κ1) is 24.2. The van der Waals surface area contributed by atoms with Crippen molar-refractivity contribution in [2.75, 3.05) is 23.8 Å². The maximum absolute atomic E-state index is 13.1. The lowest BCUT2D eigenvalue weighted by molar-refractivity contribution is -0.146. The molecule has 10 nitrogen and oxygen atoms in total. The average molecular weight is 511 g/mol. The molecule has 0 saturated heterocycles. The van der Waals surface area contributed by atoms with Crippen molar-refractivity contribution < 1.29 is 27.6 Å². The number of alkyl halides is 3. The molecular weight excluding hydrogens is 491 g/mol. The van der Waals surface area contributed by atoms with E-state index < -0.39 is 23.9 Å². The van der Waals surface area contributed by atoms with Crippen molar-refractivity contribution in [2.24, 2.45) is 0 Å². The fourth-order valence-electron chi connectivity index (χ4n) is 3.88. The van der Waals surface area contributed by atoms with Gasteiger partial charge in [-0.05, 0) is 35.7 Å². The smallest absolute Gasteiger partial charge is 0.394 e. The Morgan fingerprint density at radius 2 is 1.92 bits per heavy atom. The largest absolute Gasteiger partial charge is 0.455 e. The number of carbonyl (C=O) groups is 1. The van der Waals surface area contributed by atoms with Crippen LogP contribution >= 0.6 is 0 Å². The Bertz CT molecular complexity index is 1430. The Hall–Kier alpha value is -4.52. The third-order valence-corrected chi connectivity index (χ3v) is 5.68. The molecule has 0 saturated carbocycles. The number of halogens is 3. The second kappa shape index (κ2) is 9.85. The second-order valence-corrected chi connectivity index (χ2v) is 8.17. The zero-order valence-electron chi connectivity index (χ0n) is 19.1. The van der Waals surface area contributed by atoms with E-state index in [1.165, 1.54) is 6.20 Å². The Balaban J connectivity index is 1.50. The molecule has 37 heavy (non-hydrogen) atoms. The van der Waals surface area contributed by atoms with Crippen molar-refractivity contribution >= 4 is 23.4 Å². The van der Waals surface area contributed by atoms with Crippen LogP contribution in [0.2, 0.25) is 0 Å². The van der Waals surface area contributed by atoms with E-state index in [9.17, 15) is 23.1 Å². The minimum atomic E-state index is -4.79. The molecule has 13 heteroatoms. The van der Waals surface area contributed by atoms with Gasteiger partial charge in [0.2, 0.25) is 5.95 Å². The monoisotopic (exact) mass is 511 g/mol. The molecule has 4 N–H and O–H groups in total. The molecule has 190 valence electrons. The topological polar surface area (TPSA) is 138 Å². The van der Waals surface area contributed by atoms with Crippen LogP contribution in [0, 0.1) is 0 Å². The molecule has 0 bridgehead atoms. The number of hydrogen-bond acceptors (Lipinski definition) is 9. The second-order valence-electron chi connectivity index (χ2n) is 8.17. The van der Waals surface area contributed by atoms with Gasteiger partial charge in [-0.3, -0.25) is 4.79 Å². The lowest BCUT2D eigenvalue weighted by Crippen LogP contribution is -2.31. The van der Waals surface area contributed by atoms with Crippen molar-refractivity contribution in [1.29, 1.82) is 0 Å². The van der Waals surface area contributed by atoms with Gasteiger partial charge in [0.25, 0.3) is 17.6 Å². The maximum Gasteiger partial charge on any atom is 0.455 e. The Morgan fingerprint density at radius 1 is 1.11 bits per heavy atom. The van der Waals surface area contributed by atoms with E-state index in [0.717, 1.165) is 11.1 Å². The van der Waals surface area contributed by atoms with E-state index in [1.807, 2.05) is 12.1 Å². The molecule has 0 fully saturated rings. The molecule has 0 unspecified atom stereocenters. The molecule has 4 aromatic rings. The van der Waals surface area contributed by atoms with E-state index in [2.05, 4.69) is 36.1 Å². The highest BCUT2D eigenvalue weighted by molar-refractivity contribution is 5.97. The predicted molar refractivity (Wildman–Crippen MR) is 126 cm³/mol. The molecular formula is C24H20F3N7O3. The van der Waals surface area contributed by atoms with Gasteiger partial charge in [0.15, 0.2) is 0 Å². The number of amides is 1. The SMILES string of the molecule is O=C1NCCc2cc(Nc3ncc(-c4nc(C(F)(F)F)no4)c(N[C@H](CO)c4ccccc4)n3)ccc21. The number of nitrogens with one attached hydrogen (secondary N) is 3. The summed E-state index contributed by atoms with van der Waals surface area (Å²) >= 11 is 0. The van der Waals surface area contributed by atoms with Gasteiger partial charge >= 0.3 is 6.18 Å².